The summed E-state index contributed by atoms with van der Waals surface area (Å²) < 4.78 is 29.3. The Balaban J connectivity index is 1.44. The summed E-state index contributed by atoms with van der Waals surface area (Å²) in [5.74, 6) is -0.593. The molecule has 0 saturated carbocycles. The first-order valence-electron chi connectivity index (χ1n) is 10.7. The SMILES string of the molecule is CCOC(OCC)c1cc2cc(Cn3cc(-c4nccn5cncc45)nn3)ccc2nc1F. The lowest BCUT2D eigenvalue weighted by Gasteiger charge is -2.18. The van der Waals surface area contributed by atoms with Gasteiger partial charge in [0.15, 0.2) is 6.29 Å². The van der Waals surface area contributed by atoms with Crippen molar-refractivity contribution in [2.24, 2.45) is 0 Å². The van der Waals surface area contributed by atoms with Gasteiger partial charge in [0.25, 0.3) is 0 Å². The molecule has 0 aliphatic rings. The Hall–Kier alpha value is -3.76. The van der Waals surface area contributed by atoms with Crippen molar-refractivity contribution in [2.45, 2.75) is 26.7 Å². The van der Waals surface area contributed by atoms with Gasteiger partial charge in [-0.15, -0.1) is 5.10 Å². The van der Waals surface area contributed by atoms with Crippen molar-refractivity contribution in [3.63, 3.8) is 0 Å². The predicted octanol–water partition coefficient (Wildman–Crippen LogP) is 3.80. The molecule has 0 bridgehead atoms. The lowest BCUT2D eigenvalue weighted by molar-refractivity contribution is -0.142. The number of imidazole rings is 1. The highest BCUT2D eigenvalue weighted by Gasteiger charge is 2.19. The standard InChI is InChI=1S/C23H22FN7O2/c1-3-32-23(33-4-2)17-10-16-9-15(5-6-18(16)27-22(17)24)12-31-13-19(28-29-31)21-20-11-25-14-30(20)8-7-26-21/h5-11,13-14,23H,3-4,12H2,1-2H3. The maximum absolute atomic E-state index is 14.6. The van der Waals surface area contributed by atoms with Crippen LogP contribution >= 0.6 is 0 Å². The normalized spacial score (nSPS) is 11.8. The quantitative estimate of drug-likeness (QED) is 0.264. The minimum Gasteiger partial charge on any atom is -0.349 e. The third kappa shape index (κ3) is 4.18. The number of aromatic nitrogens is 7. The summed E-state index contributed by atoms with van der Waals surface area (Å²) in [5, 5.41) is 9.32. The van der Waals surface area contributed by atoms with E-state index in [-0.39, 0.29) is 5.56 Å². The number of hydrogen-bond acceptors (Lipinski definition) is 7. The van der Waals surface area contributed by atoms with Gasteiger partial charge in [-0.2, -0.15) is 4.39 Å². The van der Waals surface area contributed by atoms with Crippen LogP contribution in [0.5, 0.6) is 0 Å². The van der Waals surface area contributed by atoms with Gasteiger partial charge in [-0.25, -0.2) is 14.6 Å². The van der Waals surface area contributed by atoms with Crippen LogP contribution in [0.4, 0.5) is 4.39 Å². The number of benzene rings is 1. The largest absolute Gasteiger partial charge is 0.349 e. The first kappa shape index (κ1) is 21.1. The van der Waals surface area contributed by atoms with Gasteiger partial charge in [0.05, 0.1) is 41.9 Å². The van der Waals surface area contributed by atoms with E-state index in [1.807, 2.05) is 42.8 Å². The Bertz CT molecular complexity index is 1410. The molecule has 0 radical (unpaired) electrons. The molecule has 4 heterocycles. The van der Waals surface area contributed by atoms with E-state index < -0.39 is 12.2 Å². The fourth-order valence-electron chi connectivity index (χ4n) is 3.73. The van der Waals surface area contributed by atoms with Gasteiger partial charge in [0, 0.05) is 31.0 Å². The maximum atomic E-state index is 14.6. The lowest BCUT2D eigenvalue weighted by atomic mass is 10.1. The first-order chi connectivity index (χ1) is 16.2. The second-order valence-electron chi connectivity index (χ2n) is 7.40. The fourth-order valence-corrected chi connectivity index (χ4v) is 3.73. The molecule has 33 heavy (non-hydrogen) atoms. The van der Waals surface area contributed by atoms with Crippen LogP contribution in [0.25, 0.3) is 27.8 Å². The molecule has 1 aromatic carbocycles. The van der Waals surface area contributed by atoms with Crippen molar-refractivity contribution in [3.05, 3.63) is 72.5 Å². The molecule has 10 heteroatoms. The molecular weight excluding hydrogens is 425 g/mol. The van der Waals surface area contributed by atoms with Crippen molar-refractivity contribution >= 4 is 16.4 Å². The monoisotopic (exact) mass is 447 g/mol. The van der Waals surface area contributed by atoms with E-state index in [9.17, 15) is 4.39 Å². The molecule has 0 atom stereocenters. The van der Waals surface area contributed by atoms with Gasteiger partial charge >= 0.3 is 0 Å². The number of halogens is 1. The molecule has 0 amide bonds. The van der Waals surface area contributed by atoms with Crippen LogP contribution in [0.3, 0.4) is 0 Å². The zero-order chi connectivity index (χ0) is 22.8. The van der Waals surface area contributed by atoms with Gasteiger partial charge in [-0.1, -0.05) is 11.3 Å². The van der Waals surface area contributed by atoms with Crippen LogP contribution < -0.4 is 0 Å². The Morgan fingerprint density at radius 3 is 2.79 bits per heavy atom. The van der Waals surface area contributed by atoms with Gasteiger partial charge in [0.1, 0.15) is 11.4 Å². The Morgan fingerprint density at radius 2 is 1.97 bits per heavy atom. The third-order valence-electron chi connectivity index (χ3n) is 5.22. The molecule has 0 aliphatic carbocycles. The molecule has 9 nitrogen and oxygen atoms in total. The van der Waals surface area contributed by atoms with Crippen molar-refractivity contribution in [1.29, 1.82) is 0 Å². The van der Waals surface area contributed by atoms with E-state index in [0.29, 0.717) is 36.7 Å². The number of nitrogens with zero attached hydrogens (tertiary/aromatic N) is 7. The number of fused-ring (bicyclic) bond motifs is 2. The maximum Gasteiger partial charge on any atom is 0.221 e. The summed E-state index contributed by atoms with van der Waals surface area (Å²) in [4.78, 5) is 12.7. The molecular formula is C23H22FN7O2. The van der Waals surface area contributed by atoms with Crippen molar-refractivity contribution in [3.8, 4) is 11.4 Å². The predicted molar refractivity (Wildman–Crippen MR) is 119 cm³/mol. The molecule has 0 spiro atoms. The summed E-state index contributed by atoms with van der Waals surface area (Å²) in [6, 6.07) is 7.38. The molecule has 0 unspecified atom stereocenters. The van der Waals surface area contributed by atoms with Crippen molar-refractivity contribution < 1.29 is 13.9 Å². The molecule has 0 fully saturated rings. The van der Waals surface area contributed by atoms with Crippen LogP contribution in [0.2, 0.25) is 0 Å². The molecule has 5 rings (SSSR count). The van der Waals surface area contributed by atoms with Gasteiger partial charge in [-0.05, 0) is 37.6 Å². The van der Waals surface area contributed by atoms with Crippen LogP contribution in [0, 0.1) is 5.95 Å². The number of ether oxygens (including phenoxy) is 2. The average molecular weight is 447 g/mol. The van der Waals surface area contributed by atoms with Gasteiger partial charge < -0.3 is 13.9 Å². The lowest BCUT2D eigenvalue weighted by Crippen LogP contribution is -2.12. The summed E-state index contributed by atoms with van der Waals surface area (Å²) in [7, 11) is 0. The molecule has 0 N–H and O–H groups in total. The van der Waals surface area contributed by atoms with Crippen LogP contribution in [-0.4, -0.2) is 47.6 Å². The van der Waals surface area contributed by atoms with E-state index in [4.69, 9.17) is 9.47 Å². The smallest absolute Gasteiger partial charge is 0.221 e. The summed E-state index contributed by atoms with van der Waals surface area (Å²) in [6.07, 6.45) is 8.04. The number of pyridine rings is 1. The van der Waals surface area contributed by atoms with E-state index in [0.717, 1.165) is 16.5 Å². The van der Waals surface area contributed by atoms with Crippen LogP contribution in [0.1, 0.15) is 31.3 Å². The second-order valence-corrected chi connectivity index (χ2v) is 7.40. The highest BCUT2D eigenvalue weighted by Crippen LogP contribution is 2.26. The van der Waals surface area contributed by atoms with E-state index in [1.165, 1.54) is 0 Å². The minimum atomic E-state index is -0.794. The zero-order valence-electron chi connectivity index (χ0n) is 18.2. The fraction of sp³-hybridized carbons (Fsp3) is 0.261. The van der Waals surface area contributed by atoms with Crippen LogP contribution in [-0.2, 0) is 16.0 Å². The highest BCUT2D eigenvalue weighted by atomic mass is 19.1. The Labute approximate surface area is 188 Å². The Kier molecular flexibility index (Phi) is 5.76. The number of hydrogen-bond donors (Lipinski definition) is 0. The molecule has 5 aromatic rings. The molecule has 0 aliphatic heterocycles. The van der Waals surface area contributed by atoms with Gasteiger partial charge in [0.2, 0.25) is 5.95 Å². The minimum absolute atomic E-state index is 0.284. The average Bonchev–Trinajstić information content (AvgIpc) is 3.48. The Morgan fingerprint density at radius 1 is 1.12 bits per heavy atom. The van der Waals surface area contributed by atoms with Crippen LogP contribution in [0.15, 0.2) is 55.4 Å². The van der Waals surface area contributed by atoms with Crippen molar-refractivity contribution in [2.75, 3.05) is 13.2 Å². The molecule has 4 aromatic heterocycles. The van der Waals surface area contributed by atoms with Gasteiger partial charge in [-0.3, -0.25) is 4.98 Å². The molecule has 168 valence electrons. The van der Waals surface area contributed by atoms with Crippen molar-refractivity contribution in [1.82, 2.24) is 34.3 Å². The zero-order valence-corrected chi connectivity index (χ0v) is 18.2. The highest BCUT2D eigenvalue weighted by molar-refractivity contribution is 5.80. The summed E-state index contributed by atoms with van der Waals surface area (Å²) >= 11 is 0. The summed E-state index contributed by atoms with van der Waals surface area (Å²) in [5.41, 5.74) is 4.03. The van der Waals surface area contributed by atoms with E-state index in [2.05, 4.69) is 25.3 Å². The van der Waals surface area contributed by atoms with E-state index in [1.54, 1.807) is 35.5 Å². The molecule has 0 saturated heterocycles. The number of rotatable bonds is 8. The topological polar surface area (TPSA) is 92.2 Å². The van der Waals surface area contributed by atoms with E-state index >= 15 is 0 Å². The first-order valence-corrected chi connectivity index (χ1v) is 10.7. The summed E-state index contributed by atoms with van der Waals surface area (Å²) in [6.45, 7) is 4.97. The second kappa shape index (κ2) is 9.00. The third-order valence-corrected chi connectivity index (χ3v) is 5.22.